The van der Waals surface area contributed by atoms with E-state index in [0.29, 0.717) is 31.0 Å². The zero-order chi connectivity index (χ0) is 19.8. The van der Waals surface area contributed by atoms with Gasteiger partial charge in [-0.05, 0) is 37.2 Å². The molecule has 3 heterocycles. The molecule has 0 saturated carbocycles. The Bertz CT molecular complexity index is 772. The van der Waals surface area contributed by atoms with Gasteiger partial charge in [-0.2, -0.15) is 0 Å². The van der Waals surface area contributed by atoms with Gasteiger partial charge in [0.2, 0.25) is 11.8 Å². The van der Waals surface area contributed by atoms with Crippen LogP contribution in [0, 0.1) is 23.5 Å². The molecule has 0 aliphatic carbocycles. The second kappa shape index (κ2) is 7.78. The first-order valence-electron chi connectivity index (χ1n) is 10.1. The van der Waals surface area contributed by atoms with Gasteiger partial charge >= 0.3 is 0 Å². The van der Waals surface area contributed by atoms with Crippen LogP contribution in [-0.4, -0.2) is 53.3 Å². The molecule has 1 aromatic carbocycles. The van der Waals surface area contributed by atoms with Crippen LogP contribution < -0.4 is 5.32 Å². The van der Waals surface area contributed by atoms with E-state index in [-0.39, 0.29) is 29.8 Å². The molecule has 0 spiro atoms. The Kier molecular flexibility index (Phi) is 5.36. The molecule has 0 aromatic heterocycles. The summed E-state index contributed by atoms with van der Waals surface area (Å²) in [7, 11) is 0. The van der Waals surface area contributed by atoms with Crippen LogP contribution in [0.2, 0.25) is 0 Å². The largest absolute Gasteiger partial charge is 0.354 e. The minimum atomic E-state index is -0.566. The van der Waals surface area contributed by atoms with Gasteiger partial charge in [0.1, 0.15) is 11.6 Å². The van der Waals surface area contributed by atoms with Crippen molar-refractivity contribution in [2.45, 2.75) is 51.2 Å². The molecule has 7 heteroatoms. The van der Waals surface area contributed by atoms with Gasteiger partial charge in [0, 0.05) is 57.2 Å². The third-order valence-corrected chi connectivity index (χ3v) is 6.54. The Morgan fingerprint density at radius 1 is 1.25 bits per heavy atom. The Morgan fingerprint density at radius 2 is 2.04 bits per heavy atom. The third-order valence-electron chi connectivity index (χ3n) is 6.54. The number of piperidine rings is 3. The quantitative estimate of drug-likeness (QED) is 0.857. The van der Waals surface area contributed by atoms with E-state index in [0.717, 1.165) is 38.4 Å². The lowest BCUT2D eigenvalue weighted by molar-refractivity contribution is -0.153. The third kappa shape index (κ3) is 3.77. The van der Waals surface area contributed by atoms with Gasteiger partial charge in [-0.15, -0.1) is 0 Å². The zero-order valence-electron chi connectivity index (χ0n) is 16.2. The van der Waals surface area contributed by atoms with Crippen LogP contribution in [0.15, 0.2) is 18.2 Å². The van der Waals surface area contributed by atoms with Crippen LogP contribution in [0.1, 0.15) is 38.2 Å². The molecular formula is C21H27F2N3O2. The summed E-state index contributed by atoms with van der Waals surface area (Å²) in [4.78, 5) is 28.4. The molecule has 1 N–H and O–H groups in total. The predicted molar refractivity (Wildman–Crippen MR) is 100 cm³/mol. The van der Waals surface area contributed by atoms with Crippen LogP contribution in [-0.2, 0) is 16.1 Å². The van der Waals surface area contributed by atoms with Crippen LogP contribution in [0.3, 0.4) is 0 Å². The highest BCUT2D eigenvalue weighted by molar-refractivity contribution is 5.78. The zero-order valence-corrected chi connectivity index (χ0v) is 16.2. The molecule has 4 rings (SSSR count). The second-order valence-electron chi connectivity index (χ2n) is 8.45. The van der Waals surface area contributed by atoms with Crippen molar-refractivity contribution in [1.29, 1.82) is 0 Å². The van der Waals surface area contributed by atoms with Crippen molar-refractivity contribution in [1.82, 2.24) is 15.1 Å². The number of rotatable bonds is 4. The molecule has 3 saturated heterocycles. The minimum absolute atomic E-state index is 0.0150. The fourth-order valence-electron chi connectivity index (χ4n) is 5.40. The van der Waals surface area contributed by atoms with Gasteiger partial charge in [-0.25, -0.2) is 8.78 Å². The number of likely N-dealkylation sites (tertiary alicyclic amines) is 1. The highest BCUT2D eigenvalue weighted by Gasteiger charge is 2.49. The molecule has 3 aliphatic rings. The van der Waals surface area contributed by atoms with Gasteiger partial charge in [0.25, 0.3) is 0 Å². The summed E-state index contributed by atoms with van der Waals surface area (Å²) in [6.07, 6.45) is 3.50. The van der Waals surface area contributed by atoms with Gasteiger partial charge in [0.15, 0.2) is 0 Å². The van der Waals surface area contributed by atoms with E-state index < -0.39 is 11.6 Å². The van der Waals surface area contributed by atoms with Crippen LogP contribution in [0.25, 0.3) is 0 Å². The van der Waals surface area contributed by atoms with Gasteiger partial charge in [-0.3, -0.25) is 14.5 Å². The number of hydrogen-bond donors (Lipinski definition) is 1. The fraction of sp³-hybridized carbons (Fsp3) is 0.619. The summed E-state index contributed by atoms with van der Waals surface area (Å²) in [5.41, 5.74) is 0.497. The van der Waals surface area contributed by atoms with Crippen molar-refractivity contribution < 1.29 is 18.4 Å². The highest BCUT2D eigenvalue weighted by atomic mass is 19.1. The first-order chi connectivity index (χ1) is 13.4. The average Bonchev–Trinajstić information content (AvgIpc) is 2.64. The van der Waals surface area contributed by atoms with Crippen molar-refractivity contribution in [2.24, 2.45) is 11.8 Å². The summed E-state index contributed by atoms with van der Waals surface area (Å²) in [5.74, 6) is -0.375. The first-order valence-corrected chi connectivity index (χ1v) is 10.1. The molecule has 0 unspecified atom stereocenters. The molecule has 3 aliphatic heterocycles. The molecule has 2 bridgehead atoms. The van der Waals surface area contributed by atoms with E-state index in [1.807, 2.05) is 4.90 Å². The number of carbonyl (C=O) groups excluding carboxylic acids is 2. The normalized spacial score (nSPS) is 30.1. The van der Waals surface area contributed by atoms with E-state index in [1.54, 1.807) is 0 Å². The number of hydrogen-bond acceptors (Lipinski definition) is 3. The van der Waals surface area contributed by atoms with E-state index >= 15 is 0 Å². The standard InChI is InChI=1S/C21H27F2N3O2/c1-13(27)24-9-20-16-7-15(19-3-2-4-21(28)26(19)20)11-25(12-16)10-14-5-6-17(22)8-18(14)23/h5-6,8,15-16,19-20H,2-4,7,9-12H2,1H3,(H,24,27)/t15-,16+,19+,20+/m1/s1. The molecule has 5 nitrogen and oxygen atoms in total. The molecule has 152 valence electrons. The molecule has 4 atom stereocenters. The number of benzene rings is 1. The smallest absolute Gasteiger partial charge is 0.223 e. The lowest BCUT2D eigenvalue weighted by atomic mass is 9.72. The van der Waals surface area contributed by atoms with Gasteiger partial charge in [0.05, 0.1) is 6.04 Å². The monoisotopic (exact) mass is 391 g/mol. The maximum absolute atomic E-state index is 14.1. The average molecular weight is 391 g/mol. The first kappa shape index (κ1) is 19.3. The fourth-order valence-corrected chi connectivity index (χ4v) is 5.40. The van der Waals surface area contributed by atoms with Crippen molar-refractivity contribution in [2.75, 3.05) is 19.6 Å². The van der Waals surface area contributed by atoms with E-state index in [1.165, 1.54) is 19.1 Å². The highest BCUT2D eigenvalue weighted by Crippen LogP contribution is 2.41. The summed E-state index contributed by atoms with van der Waals surface area (Å²) in [5, 5.41) is 2.90. The Morgan fingerprint density at radius 3 is 2.79 bits per heavy atom. The van der Waals surface area contributed by atoms with Gasteiger partial charge in [-0.1, -0.05) is 6.07 Å². The summed E-state index contributed by atoms with van der Waals surface area (Å²) < 4.78 is 27.3. The molecule has 2 amide bonds. The molecule has 28 heavy (non-hydrogen) atoms. The van der Waals surface area contributed by atoms with Crippen molar-refractivity contribution >= 4 is 11.8 Å². The van der Waals surface area contributed by atoms with Crippen LogP contribution in [0.4, 0.5) is 8.78 Å². The van der Waals surface area contributed by atoms with Crippen LogP contribution in [0.5, 0.6) is 0 Å². The topological polar surface area (TPSA) is 52.7 Å². The van der Waals surface area contributed by atoms with E-state index in [2.05, 4.69) is 10.2 Å². The number of nitrogens with one attached hydrogen (secondary N) is 1. The number of nitrogens with zero attached hydrogens (tertiary/aromatic N) is 2. The van der Waals surface area contributed by atoms with Crippen molar-refractivity contribution in [3.05, 3.63) is 35.4 Å². The van der Waals surface area contributed by atoms with E-state index in [9.17, 15) is 18.4 Å². The Hall–Kier alpha value is -2.02. The maximum atomic E-state index is 14.1. The molecular weight excluding hydrogens is 364 g/mol. The predicted octanol–water partition coefficient (Wildman–Crippen LogP) is 2.30. The molecule has 3 fully saturated rings. The lowest BCUT2D eigenvalue weighted by Crippen LogP contribution is -2.66. The van der Waals surface area contributed by atoms with Crippen LogP contribution >= 0.6 is 0 Å². The Labute approximate surface area is 164 Å². The maximum Gasteiger partial charge on any atom is 0.223 e. The summed E-state index contributed by atoms with van der Waals surface area (Å²) >= 11 is 0. The molecule has 0 radical (unpaired) electrons. The number of carbonyl (C=O) groups is 2. The van der Waals surface area contributed by atoms with Crippen molar-refractivity contribution in [3.8, 4) is 0 Å². The van der Waals surface area contributed by atoms with Crippen molar-refractivity contribution in [3.63, 3.8) is 0 Å². The number of amides is 2. The second-order valence-corrected chi connectivity index (χ2v) is 8.45. The number of halogens is 2. The SMILES string of the molecule is CC(=O)NC[C@H]1[C@H]2C[C@H](CN(Cc3ccc(F)cc3F)C2)[C@@H]2CCCC(=O)N21. The molecule has 1 aromatic rings. The summed E-state index contributed by atoms with van der Waals surface area (Å²) in [6, 6.07) is 3.92. The minimum Gasteiger partial charge on any atom is -0.354 e. The lowest BCUT2D eigenvalue weighted by Gasteiger charge is -2.56. The Balaban J connectivity index is 1.54. The van der Waals surface area contributed by atoms with E-state index in [4.69, 9.17) is 0 Å². The van der Waals surface area contributed by atoms with Gasteiger partial charge < -0.3 is 10.2 Å². The summed E-state index contributed by atoms with van der Waals surface area (Å²) in [6.45, 7) is 3.95. The number of fused-ring (bicyclic) bond motifs is 4.